The second kappa shape index (κ2) is 6.75. The Kier molecular flexibility index (Phi) is 4.16. The molecule has 0 bridgehead atoms. The topological polar surface area (TPSA) is 84.5 Å². The molecule has 5 rings (SSSR count). The van der Waals surface area contributed by atoms with Gasteiger partial charge in [0, 0.05) is 44.3 Å². The van der Waals surface area contributed by atoms with Gasteiger partial charge in [0.15, 0.2) is 5.69 Å². The number of hydrogen-bond acceptors (Lipinski definition) is 5. The molecule has 0 unspecified atom stereocenters. The number of likely N-dealkylation sites (N-methyl/N-ethyl adjacent to an activating group) is 1. The van der Waals surface area contributed by atoms with Crippen LogP contribution < -0.4 is 0 Å². The molecule has 4 heterocycles. The molecule has 8 nitrogen and oxygen atoms in total. The number of hydrogen-bond donors (Lipinski definition) is 0. The fourth-order valence-electron chi connectivity index (χ4n) is 3.74. The third kappa shape index (κ3) is 3.04. The molecule has 3 aromatic rings. The van der Waals surface area contributed by atoms with E-state index in [1.54, 1.807) is 21.5 Å². The van der Waals surface area contributed by atoms with Crippen molar-refractivity contribution < 1.29 is 22.8 Å². The molecule has 154 valence electrons. The van der Waals surface area contributed by atoms with Crippen molar-refractivity contribution in [1.82, 2.24) is 24.6 Å². The SMILES string of the molecule is CN1CCn2nc(C(=O)N3CCc4oc(-c5cc(F)cc(F)c5)nc4C3)cc2C1=O. The molecule has 0 saturated carbocycles. The fourth-order valence-corrected chi connectivity index (χ4v) is 3.74. The fraction of sp³-hybridized carbons (Fsp3) is 0.300. The quantitative estimate of drug-likeness (QED) is 0.643. The molecule has 0 fully saturated rings. The van der Waals surface area contributed by atoms with E-state index in [0.29, 0.717) is 43.2 Å². The highest BCUT2D eigenvalue weighted by Crippen LogP contribution is 2.28. The van der Waals surface area contributed by atoms with Crippen LogP contribution in [0, 0.1) is 11.6 Å². The maximum absolute atomic E-state index is 13.5. The molecule has 0 saturated heterocycles. The van der Waals surface area contributed by atoms with Gasteiger partial charge < -0.3 is 14.2 Å². The second-order valence-electron chi connectivity index (χ2n) is 7.39. The van der Waals surface area contributed by atoms with Crippen LogP contribution in [-0.4, -0.2) is 56.5 Å². The molecule has 2 aliphatic heterocycles. The summed E-state index contributed by atoms with van der Waals surface area (Å²) in [5.41, 5.74) is 1.33. The van der Waals surface area contributed by atoms with Crippen molar-refractivity contribution in [2.75, 3.05) is 20.1 Å². The van der Waals surface area contributed by atoms with Crippen LogP contribution in [0.5, 0.6) is 0 Å². The average molecular weight is 413 g/mol. The van der Waals surface area contributed by atoms with E-state index < -0.39 is 11.6 Å². The average Bonchev–Trinajstić information content (AvgIpc) is 3.33. The van der Waals surface area contributed by atoms with Crippen molar-refractivity contribution in [1.29, 1.82) is 0 Å². The third-order valence-corrected chi connectivity index (χ3v) is 5.34. The first-order valence-electron chi connectivity index (χ1n) is 9.46. The van der Waals surface area contributed by atoms with E-state index >= 15 is 0 Å². The van der Waals surface area contributed by atoms with Crippen LogP contribution in [0.2, 0.25) is 0 Å². The van der Waals surface area contributed by atoms with Crippen LogP contribution >= 0.6 is 0 Å². The van der Waals surface area contributed by atoms with E-state index in [0.717, 1.165) is 18.2 Å². The van der Waals surface area contributed by atoms with Crippen molar-refractivity contribution in [3.05, 3.63) is 58.7 Å². The smallest absolute Gasteiger partial charge is 0.274 e. The zero-order valence-corrected chi connectivity index (χ0v) is 16.1. The molecule has 0 atom stereocenters. The van der Waals surface area contributed by atoms with E-state index in [1.807, 2.05) is 0 Å². The Morgan fingerprint density at radius 1 is 1.10 bits per heavy atom. The van der Waals surface area contributed by atoms with Gasteiger partial charge in [0.25, 0.3) is 11.8 Å². The van der Waals surface area contributed by atoms with E-state index in [1.165, 1.54) is 6.07 Å². The molecule has 0 radical (unpaired) electrons. The molecule has 0 aliphatic carbocycles. The summed E-state index contributed by atoms with van der Waals surface area (Å²) in [7, 11) is 1.71. The Bertz CT molecular complexity index is 1170. The monoisotopic (exact) mass is 413 g/mol. The van der Waals surface area contributed by atoms with Gasteiger partial charge in [-0.1, -0.05) is 0 Å². The van der Waals surface area contributed by atoms with Gasteiger partial charge in [-0.2, -0.15) is 5.10 Å². The lowest BCUT2D eigenvalue weighted by molar-refractivity contribution is 0.0715. The standard InChI is InChI=1S/C20H17F2N5O3/c1-25-4-5-27-16(20(25)29)9-14(24-27)19(28)26-3-2-17-15(10-26)23-18(30-17)11-6-12(21)8-13(22)7-11/h6-9H,2-5,10H2,1H3. The van der Waals surface area contributed by atoms with Gasteiger partial charge in [-0.3, -0.25) is 14.3 Å². The first-order chi connectivity index (χ1) is 14.4. The van der Waals surface area contributed by atoms with Gasteiger partial charge in [-0.05, 0) is 12.1 Å². The van der Waals surface area contributed by atoms with E-state index in [9.17, 15) is 18.4 Å². The molecule has 2 aromatic heterocycles. The Morgan fingerprint density at radius 2 is 1.87 bits per heavy atom. The van der Waals surface area contributed by atoms with Crippen LogP contribution in [0.15, 0.2) is 28.7 Å². The van der Waals surface area contributed by atoms with E-state index in [-0.39, 0.29) is 35.5 Å². The number of nitrogens with zero attached hydrogens (tertiary/aromatic N) is 5. The molecule has 2 aliphatic rings. The highest BCUT2D eigenvalue weighted by molar-refractivity contribution is 5.98. The lowest BCUT2D eigenvalue weighted by atomic mass is 10.1. The van der Waals surface area contributed by atoms with E-state index in [4.69, 9.17) is 4.42 Å². The summed E-state index contributed by atoms with van der Waals surface area (Å²) in [6, 6.07) is 4.58. The molecule has 10 heteroatoms. The molecule has 30 heavy (non-hydrogen) atoms. The predicted octanol–water partition coefficient (Wildman–Crippen LogP) is 2.10. The van der Waals surface area contributed by atoms with Crippen molar-refractivity contribution >= 4 is 11.8 Å². The molecule has 2 amide bonds. The number of rotatable bonds is 2. The number of halogens is 2. The molecule has 1 aromatic carbocycles. The number of aromatic nitrogens is 3. The van der Waals surface area contributed by atoms with Crippen LogP contribution in [0.1, 0.15) is 32.4 Å². The Hall–Kier alpha value is -3.56. The van der Waals surface area contributed by atoms with Crippen molar-refractivity contribution in [3.8, 4) is 11.5 Å². The van der Waals surface area contributed by atoms with Crippen molar-refractivity contribution in [3.63, 3.8) is 0 Å². The minimum absolute atomic E-state index is 0.110. The minimum Gasteiger partial charge on any atom is -0.441 e. The third-order valence-electron chi connectivity index (χ3n) is 5.34. The highest BCUT2D eigenvalue weighted by Gasteiger charge is 2.31. The Labute approximate surface area is 169 Å². The first kappa shape index (κ1) is 18.5. The molecule has 0 N–H and O–H groups in total. The lowest BCUT2D eigenvalue weighted by Crippen LogP contribution is -2.37. The minimum atomic E-state index is -0.720. The van der Waals surface area contributed by atoms with Crippen molar-refractivity contribution in [2.24, 2.45) is 0 Å². The summed E-state index contributed by atoms with van der Waals surface area (Å²) in [4.78, 5) is 32.7. The van der Waals surface area contributed by atoms with Gasteiger partial charge >= 0.3 is 0 Å². The maximum Gasteiger partial charge on any atom is 0.274 e. The number of oxazole rings is 1. The van der Waals surface area contributed by atoms with Gasteiger partial charge in [0.05, 0.1) is 13.1 Å². The summed E-state index contributed by atoms with van der Waals surface area (Å²) in [5.74, 6) is -1.22. The Balaban J connectivity index is 1.38. The van der Waals surface area contributed by atoms with Gasteiger partial charge in [-0.25, -0.2) is 13.8 Å². The van der Waals surface area contributed by atoms with Gasteiger partial charge in [0.1, 0.15) is 28.8 Å². The van der Waals surface area contributed by atoms with Crippen LogP contribution in [0.25, 0.3) is 11.5 Å². The highest BCUT2D eigenvalue weighted by atomic mass is 19.1. The summed E-state index contributed by atoms with van der Waals surface area (Å²) in [6.45, 7) is 1.64. The normalized spacial score (nSPS) is 15.9. The largest absolute Gasteiger partial charge is 0.441 e. The van der Waals surface area contributed by atoms with Crippen LogP contribution in [0.3, 0.4) is 0 Å². The van der Waals surface area contributed by atoms with Crippen molar-refractivity contribution in [2.45, 2.75) is 19.5 Å². The zero-order valence-electron chi connectivity index (χ0n) is 16.1. The summed E-state index contributed by atoms with van der Waals surface area (Å²) in [5, 5.41) is 4.29. The lowest BCUT2D eigenvalue weighted by Gasteiger charge is -2.24. The number of fused-ring (bicyclic) bond motifs is 2. The zero-order chi connectivity index (χ0) is 21.0. The van der Waals surface area contributed by atoms with Gasteiger partial charge in [-0.15, -0.1) is 0 Å². The predicted molar refractivity (Wildman–Crippen MR) is 99.5 cm³/mol. The van der Waals surface area contributed by atoms with Crippen LogP contribution in [0.4, 0.5) is 8.78 Å². The number of benzene rings is 1. The molecular formula is C20H17F2N5O3. The summed E-state index contributed by atoms with van der Waals surface area (Å²) >= 11 is 0. The second-order valence-corrected chi connectivity index (χ2v) is 7.39. The molecular weight excluding hydrogens is 396 g/mol. The first-order valence-corrected chi connectivity index (χ1v) is 9.46. The summed E-state index contributed by atoms with van der Waals surface area (Å²) < 4.78 is 34.2. The molecule has 0 spiro atoms. The van der Waals surface area contributed by atoms with Gasteiger partial charge in [0.2, 0.25) is 5.89 Å². The van der Waals surface area contributed by atoms with Crippen LogP contribution in [-0.2, 0) is 19.5 Å². The maximum atomic E-state index is 13.5. The van der Waals surface area contributed by atoms with E-state index in [2.05, 4.69) is 10.1 Å². The summed E-state index contributed by atoms with van der Waals surface area (Å²) in [6.07, 6.45) is 0.418. The number of carbonyl (C=O) groups is 2. The number of amides is 2. The Morgan fingerprint density at radius 3 is 2.63 bits per heavy atom. The number of carbonyl (C=O) groups excluding carboxylic acids is 2.